The van der Waals surface area contributed by atoms with Crippen molar-refractivity contribution < 1.29 is 9.57 Å². The van der Waals surface area contributed by atoms with Gasteiger partial charge in [-0.2, -0.15) is 0 Å². The van der Waals surface area contributed by atoms with Gasteiger partial charge in [0.25, 0.3) is 0 Å². The summed E-state index contributed by atoms with van der Waals surface area (Å²) in [5.74, 6) is 0.846. The van der Waals surface area contributed by atoms with Crippen molar-refractivity contribution in [3.8, 4) is 5.75 Å². The Hall–Kier alpha value is -2.29. The number of aryl methyl sites for hydroxylation is 1. The highest BCUT2D eigenvalue weighted by Crippen LogP contribution is 2.14. The first kappa shape index (κ1) is 14.1. The minimum absolute atomic E-state index is 0.579. The molecule has 0 aliphatic heterocycles. The van der Waals surface area contributed by atoms with Crippen molar-refractivity contribution in [2.45, 2.75) is 20.0 Å². The Kier molecular flexibility index (Phi) is 5.18. The van der Waals surface area contributed by atoms with Crippen molar-refractivity contribution >= 4 is 6.21 Å². The van der Waals surface area contributed by atoms with Crippen LogP contribution in [-0.2, 0) is 17.9 Å². The van der Waals surface area contributed by atoms with Crippen molar-refractivity contribution in [1.82, 2.24) is 0 Å². The van der Waals surface area contributed by atoms with Gasteiger partial charge in [0.05, 0.1) is 6.21 Å². The molecule has 0 aliphatic rings. The van der Waals surface area contributed by atoms with Gasteiger partial charge in [0.2, 0.25) is 0 Å². The summed E-state index contributed by atoms with van der Waals surface area (Å²) < 4.78 is 5.75. The first-order valence-electron chi connectivity index (χ1n) is 6.69. The molecular weight excluding hydrogens is 250 g/mol. The van der Waals surface area contributed by atoms with E-state index < -0.39 is 0 Å². The van der Waals surface area contributed by atoms with Gasteiger partial charge in [0.15, 0.2) is 0 Å². The van der Waals surface area contributed by atoms with E-state index in [1.54, 1.807) is 6.21 Å². The van der Waals surface area contributed by atoms with Gasteiger partial charge in [-0.3, -0.25) is 0 Å². The van der Waals surface area contributed by atoms with E-state index in [0.717, 1.165) is 17.7 Å². The van der Waals surface area contributed by atoms with Gasteiger partial charge >= 0.3 is 0 Å². The Balaban J connectivity index is 1.91. The quantitative estimate of drug-likeness (QED) is 0.590. The molecule has 2 rings (SSSR count). The Morgan fingerprint density at radius 1 is 0.950 bits per heavy atom. The minimum Gasteiger partial charge on any atom is -0.489 e. The van der Waals surface area contributed by atoms with Crippen LogP contribution in [0.5, 0.6) is 5.75 Å². The van der Waals surface area contributed by atoms with E-state index in [1.165, 1.54) is 18.2 Å². The van der Waals surface area contributed by atoms with Crippen LogP contribution in [-0.4, -0.2) is 13.3 Å². The molecule has 0 aliphatic carbocycles. The summed E-state index contributed by atoms with van der Waals surface area (Å²) in [5, 5.41) is 3.72. The monoisotopic (exact) mass is 269 g/mol. The number of rotatable bonds is 6. The smallest absolute Gasteiger partial charge is 0.119 e. The molecule has 0 fully saturated rings. The average molecular weight is 269 g/mol. The van der Waals surface area contributed by atoms with E-state index >= 15 is 0 Å². The molecule has 0 saturated heterocycles. The summed E-state index contributed by atoms with van der Waals surface area (Å²) in [5.41, 5.74) is 3.49. The molecular formula is C17H19NO2. The predicted octanol–water partition coefficient (Wildman–Crippen LogP) is 3.81. The molecule has 0 unspecified atom stereocenters. The van der Waals surface area contributed by atoms with E-state index in [1.807, 2.05) is 24.3 Å². The number of nitrogens with zero attached hydrogens (tertiary/aromatic N) is 1. The third-order valence-electron chi connectivity index (χ3n) is 3.02. The fraction of sp³-hybridized carbons (Fsp3) is 0.235. The lowest BCUT2D eigenvalue weighted by Crippen LogP contribution is -1.95. The second-order valence-corrected chi connectivity index (χ2v) is 4.44. The molecule has 3 heteroatoms. The van der Waals surface area contributed by atoms with Crippen LogP contribution in [0.3, 0.4) is 0 Å². The van der Waals surface area contributed by atoms with Crippen molar-refractivity contribution in [3.63, 3.8) is 0 Å². The summed E-state index contributed by atoms with van der Waals surface area (Å²) in [6.45, 7) is 2.73. The van der Waals surface area contributed by atoms with Crippen molar-refractivity contribution in [3.05, 3.63) is 65.2 Å². The lowest BCUT2D eigenvalue weighted by atomic mass is 10.1. The molecule has 0 heterocycles. The Morgan fingerprint density at radius 2 is 1.60 bits per heavy atom. The second kappa shape index (κ2) is 7.34. The SMILES string of the molecule is CCc1ccc(COc2ccc(C=NOC)cc2)cc1. The number of hydrogen-bond donors (Lipinski definition) is 0. The Labute approximate surface area is 119 Å². The molecule has 0 spiro atoms. The highest BCUT2D eigenvalue weighted by atomic mass is 16.6. The first-order valence-corrected chi connectivity index (χ1v) is 6.69. The van der Waals surface area contributed by atoms with E-state index in [-0.39, 0.29) is 0 Å². The van der Waals surface area contributed by atoms with Crippen LogP contribution < -0.4 is 4.74 Å². The Morgan fingerprint density at radius 3 is 2.20 bits per heavy atom. The normalized spacial score (nSPS) is 10.7. The number of benzene rings is 2. The largest absolute Gasteiger partial charge is 0.489 e. The van der Waals surface area contributed by atoms with Crippen LogP contribution in [0.1, 0.15) is 23.6 Å². The van der Waals surface area contributed by atoms with Gasteiger partial charge in [0, 0.05) is 0 Å². The van der Waals surface area contributed by atoms with Crippen LogP contribution in [0.15, 0.2) is 53.7 Å². The fourth-order valence-electron chi connectivity index (χ4n) is 1.80. The molecule has 0 atom stereocenters. The van der Waals surface area contributed by atoms with Gasteiger partial charge in [-0.1, -0.05) is 36.3 Å². The van der Waals surface area contributed by atoms with E-state index in [2.05, 4.69) is 41.2 Å². The van der Waals surface area contributed by atoms with Crippen LogP contribution >= 0.6 is 0 Å². The zero-order chi connectivity index (χ0) is 14.2. The van der Waals surface area contributed by atoms with E-state index in [0.29, 0.717) is 6.61 Å². The third-order valence-corrected chi connectivity index (χ3v) is 3.02. The maximum atomic E-state index is 5.75. The van der Waals surface area contributed by atoms with Crippen molar-refractivity contribution in [1.29, 1.82) is 0 Å². The predicted molar refractivity (Wildman–Crippen MR) is 81.2 cm³/mol. The summed E-state index contributed by atoms with van der Waals surface area (Å²) in [6.07, 6.45) is 2.72. The first-order chi connectivity index (χ1) is 9.81. The second-order valence-electron chi connectivity index (χ2n) is 4.44. The summed E-state index contributed by atoms with van der Waals surface area (Å²) >= 11 is 0. The van der Waals surface area contributed by atoms with Crippen LogP contribution in [0.4, 0.5) is 0 Å². The van der Waals surface area contributed by atoms with Gasteiger partial charge in [-0.05, 0) is 47.4 Å². The number of oxime groups is 1. The molecule has 0 radical (unpaired) electrons. The number of ether oxygens (including phenoxy) is 1. The van der Waals surface area contributed by atoms with Gasteiger partial charge in [-0.15, -0.1) is 0 Å². The summed E-state index contributed by atoms with van der Waals surface area (Å²) in [7, 11) is 1.53. The molecule has 104 valence electrons. The standard InChI is InChI=1S/C17H19NO2/c1-3-14-4-6-16(7-5-14)13-20-17-10-8-15(9-11-17)12-18-19-2/h4-12H,3,13H2,1-2H3. The van der Waals surface area contributed by atoms with Crippen LogP contribution in [0.2, 0.25) is 0 Å². The molecule has 3 nitrogen and oxygen atoms in total. The lowest BCUT2D eigenvalue weighted by Gasteiger charge is -2.07. The van der Waals surface area contributed by atoms with Gasteiger partial charge < -0.3 is 9.57 Å². The molecule has 0 bridgehead atoms. The minimum atomic E-state index is 0.579. The highest BCUT2D eigenvalue weighted by Gasteiger charge is 1.97. The average Bonchev–Trinajstić information content (AvgIpc) is 2.52. The third kappa shape index (κ3) is 4.12. The molecule has 0 N–H and O–H groups in total. The molecule has 2 aromatic carbocycles. The maximum absolute atomic E-state index is 5.75. The zero-order valence-corrected chi connectivity index (χ0v) is 11.9. The maximum Gasteiger partial charge on any atom is 0.119 e. The molecule has 0 amide bonds. The molecule has 0 saturated carbocycles. The van der Waals surface area contributed by atoms with Crippen LogP contribution in [0, 0.1) is 0 Å². The fourth-order valence-corrected chi connectivity index (χ4v) is 1.80. The van der Waals surface area contributed by atoms with E-state index in [9.17, 15) is 0 Å². The topological polar surface area (TPSA) is 30.8 Å². The molecule has 0 aromatic heterocycles. The lowest BCUT2D eigenvalue weighted by molar-refractivity contribution is 0.215. The zero-order valence-electron chi connectivity index (χ0n) is 11.9. The van der Waals surface area contributed by atoms with Crippen molar-refractivity contribution in [2.24, 2.45) is 5.16 Å². The Bertz CT molecular complexity index is 544. The molecule has 2 aromatic rings. The summed E-state index contributed by atoms with van der Waals surface area (Å²) in [6, 6.07) is 16.2. The van der Waals surface area contributed by atoms with Crippen molar-refractivity contribution in [2.75, 3.05) is 7.11 Å². The van der Waals surface area contributed by atoms with Crippen LogP contribution in [0.25, 0.3) is 0 Å². The summed E-state index contributed by atoms with van der Waals surface area (Å²) in [4.78, 5) is 4.64. The molecule has 20 heavy (non-hydrogen) atoms. The van der Waals surface area contributed by atoms with E-state index in [4.69, 9.17) is 4.74 Å². The number of hydrogen-bond acceptors (Lipinski definition) is 3. The highest BCUT2D eigenvalue weighted by molar-refractivity contribution is 5.79. The van der Waals surface area contributed by atoms with Gasteiger partial charge in [0.1, 0.15) is 19.5 Å². The van der Waals surface area contributed by atoms with Gasteiger partial charge in [-0.25, -0.2) is 0 Å².